The molecule has 0 atom stereocenters. The standard InChI is InChI=1S/C22H17Cl2N3O3S/c1-12-3-8-15-16(23)9-17(24)21(20(15)25-12)30-10-19(28)27-22-26-18(11-31-22)13-4-6-14(29-2)7-5-13/h3-9,11H,10H2,1-2H3,(H,26,27,28). The minimum atomic E-state index is -0.359. The minimum absolute atomic E-state index is 0.247. The van der Waals surface area contributed by atoms with Crippen molar-refractivity contribution >= 4 is 56.5 Å². The first-order chi connectivity index (χ1) is 14.9. The van der Waals surface area contributed by atoms with Crippen molar-refractivity contribution in [3.05, 3.63) is 63.6 Å². The molecule has 0 spiro atoms. The molecule has 0 aliphatic rings. The number of methoxy groups -OCH3 is 1. The van der Waals surface area contributed by atoms with Crippen molar-refractivity contribution in [2.75, 3.05) is 19.0 Å². The number of hydrogen-bond donors (Lipinski definition) is 1. The van der Waals surface area contributed by atoms with Crippen molar-refractivity contribution in [1.29, 1.82) is 0 Å². The lowest BCUT2D eigenvalue weighted by Crippen LogP contribution is -2.20. The number of pyridine rings is 1. The molecule has 2 aromatic heterocycles. The van der Waals surface area contributed by atoms with Gasteiger partial charge in [0.25, 0.3) is 5.91 Å². The lowest BCUT2D eigenvalue weighted by molar-refractivity contribution is -0.118. The van der Waals surface area contributed by atoms with Gasteiger partial charge in [0.1, 0.15) is 11.3 Å². The number of aromatic nitrogens is 2. The van der Waals surface area contributed by atoms with E-state index in [4.69, 9.17) is 32.7 Å². The minimum Gasteiger partial charge on any atom is -0.497 e. The van der Waals surface area contributed by atoms with Gasteiger partial charge in [-0.2, -0.15) is 0 Å². The van der Waals surface area contributed by atoms with Gasteiger partial charge >= 0.3 is 0 Å². The summed E-state index contributed by atoms with van der Waals surface area (Å²) < 4.78 is 10.9. The molecule has 6 nitrogen and oxygen atoms in total. The summed E-state index contributed by atoms with van der Waals surface area (Å²) in [5.41, 5.74) is 2.99. The van der Waals surface area contributed by atoms with Gasteiger partial charge in [0, 0.05) is 22.0 Å². The van der Waals surface area contributed by atoms with Crippen LogP contribution in [0.25, 0.3) is 22.2 Å². The molecule has 0 bridgehead atoms. The highest BCUT2D eigenvalue weighted by Gasteiger charge is 2.15. The zero-order valence-electron chi connectivity index (χ0n) is 16.6. The van der Waals surface area contributed by atoms with Crippen molar-refractivity contribution in [2.45, 2.75) is 6.92 Å². The number of thiazole rings is 1. The van der Waals surface area contributed by atoms with Crippen molar-refractivity contribution in [3.8, 4) is 22.8 Å². The molecule has 0 saturated carbocycles. The Labute approximate surface area is 192 Å². The Bertz CT molecular complexity index is 1260. The van der Waals surface area contributed by atoms with Crippen LogP contribution in [-0.2, 0) is 4.79 Å². The average molecular weight is 474 g/mol. The number of carbonyl (C=O) groups excluding carboxylic acids is 1. The van der Waals surface area contributed by atoms with Crippen molar-refractivity contribution in [2.24, 2.45) is 0 Å². The first-order valence-corrected chi connectivity index (χ1v) is 10.9. The second kappa shape index (κ2) is 9.09. The van der Waals surface area contributed by atoms with Gasteiger partial charge in [0.2, 0.25) is 0 Å². The maximum atomic E-state index is 12.4. The molecule has 4 aromatic rings. The number of aryl methyl sites for hydroxylation is 1. The fraction of sp³-hybridized carbons (Fsp3) is 0.136. The van der Waals surface area contributed by atoms with Gasteiger partial charge in [-0.05, 0) is 49.4 Å². The molecular weight excluding hydrogens is 457 g/mol. The number of anilines is 1. The van der Waals surface area contributed by atoms with E-state index in [0.717, 1.165) is 22.7 Å². The summed E-state index contributed by atoms with van der Waals surface area (Å²) in [6.07, 6.45) is 0. The molecular formula is C22H17Cl2N3O3S. The predicted molar refractivity (Wildman–Crippen MR) is 125 cm³/mol. The van der Waals surface area contributed by atoms with E-state index in [2.05, 4.69) is 15.3 Å². The Morgan fingerprint density at radius 2 is 1.87 bits per heavy atom. The van der Waals surface area contributed by atoms with Crippen LogP contribution < -0.4 is 14.8 Å². The van der Waals surface area contributed by atoms with Crippen LogP contribution in [0.5, 0.6) is 11.5 Å². The van der Waals surface area contributed by atoms with Crippen LogP contribution >= 0.6 is 34.5 Å². The van der Waals surface area contributed by atoms with Gasteiger partial charge < -0.3 is 9.47 Å². The number of benzene rings is 2. The molecule has 0 fully saturated rings. The smallest absolute Gasteiger partial charge is 0.264 e. The SMILES string of the molecule is COc1ccc(-c2csc(NC(=O)COc3c(Cl)cc(Cl)c4ccc(C)nc34)n2)cc1. The number of hydrogen-bond acceptors (Lipinski definition) is 6. The molecule has 1 amide bonds. The number of rotatable bonds is 6. The average Bonchev–Trinajstić information content (AvgIpc) is 3.21. The lowest BCUT2D eigenvalue weighted by atomic mass is 10.2. The van der Waals surface area contributed by atoms with Gasteiger partial charge in [-0.25, -0.2) is 9.97 Å². The van der Waals surface area contributed by atoms with E-state index in [-0.39, 0.29) is 12.5 Å². The van der Waals surface area contributed by atoms with Crippen LogP contribution in [0.15, 0.2) is 47.8 Å². The third-order valence-corrected chi connectivity index (χ3v) is 5.81. The fourth-order valence-electron chi connectivity index (χ4n) is 2.95. The molecule has 4 rings (SSSR count). The van der Waals surface area contributed by atoms with Crippen molar-refractivity contribution in [1.82, 2.24) is 9.97 Å². The molecule has 0 radical (unpaired) electrons. The highest BCUT2D eigenvalue weighted by Crippen LogP contribution is 2.37. The van der Waals surface area contributed by atoms with Gasteiger partial charge in [-0.1, -0.05) is 23.2 Å². The summed E-state index contributed by atoms with van der Waals surface area (Å²) in [6, 6.07) is 12.8. The third kappa shape index (κ3) is 4.74. The fourth-order valence-corrected chi connectivity index (χ4v) is 4.25. The molecule has 1 N–H and O–H groups in total. The lowest BCUT2D eigenvalue weighted by Gasteiger charge is -2.12. The largest absolute Gasteiger partial charge is 0.497 e. The predicted octanol–water partition coefficient (Wildman–Crippen LogP) is 6.00. The zero-order chi connectivity index (χ0) is 22.0. The molecule has 0 aliphatic carbocycles. The molecule has 31 heavy (non-hydrogen) atoms. The molecule has 9 heteroatoms. The molecule has 2 heterocycles. The third-order valence-electron chi connectivity index (χ3n) is 4.46. The number of carbonyl (C=O) groups is 1. The molecule has 0 saturated heterocycles. The Morgan fingerprint density at radius 3 is 2.61 bits per heavy atom. The van der Waals surface area contributed by atoms with Crippen LogP contribution in [0.2, 0.25) is 10.0 Å². The zero-order valence-corrected chi connectivity index (χ0v) is 18.9. The molecule has 2 aromatic carbocycles. The maximum absolute atomic E-state index is 12.4. The number of halogens is 2. The van der Waals surface area contributed by atoms with E-state index in [0.29, 0.717) is 31.8 Å². The number of nitrogens with one attached hydrogen (secondary N) is 1. The second-order valence-corrected chi connectivity index (χ2v) is 8.29. The number of amides is 1. The maximum Gasteiger partial charge on any atom is 0.264 e. The number of ether oxygens (including phenoxy) is 2. The van der Waals surface area contributed by atoms with Gasteiger partial charge in [0.15, 0.2) is 17.5 Å². The molecule has 0 unspecified atom stereocenters. The summed E-state index contributed by atoms with van der Waals surface area (Å²) in [7, 11) is 1.62. The van der Waals surface area contributed by atoms with Crippen LogP contribution in [0.4, 0.5) is 5.13 Å². The normalized spacial score (nSPS) is 10.8. The van der Waals surface area contributed by atoms with E-state index in [1.807, 2.05) is 48.7 Å². The summed E-state index contributed by atoms with van der Waals surface area (Å²) in [4.78, 5) is 21.3. The summed E-state index contributed by atoms with van der Waals surface area (Å²) in [5.74, 6) is 0.725. The first-order valence-electron chi connectivity index (χ1n) is 9.22. The monoisotopic (exact) mass is 473 g/mol. The second-order valence-electron chi connectivity index (χ2n) is 6.62. The quantitative estimate of drug-likeness (QED) is 0.371. The van der Waals surface area contributed by atoms with Crippen LogP contribution in [-0.4, -0.2) is 29.6 Å². The number of fused-ring (bicyclic) bond motifs is 1. The molecule has 158 valence electrons. The van der Waals surface area contributed by atoms with Gasteiger partial charge in [-0.15, -0.1) is 11.3 Å². The van der Waals surface area contributed by atoms with E-state index in [1.54, 1.807) is 13.2 Å². The Balaban J connectivity index is 1.46. The van der Waals surface area contributed by atoms with E-state index < -0.39 is 0 Å². The first kappa shape index (κ1) is 21.4. The number of nitrogens with zero attached hydrogens (tertiary/aromatic N) is 2. The highest BCUT2D eigenvalue weighted by atomic mass is 35.5. The van der Waals surface area contributed by atoms with Crippen LogP contribution in [0, 0.1) is 6.92 Å². The summed E-state index contributed by atoms with van der Waals surface area (Å²) in [5, 5.41) is 6.55. The van der Waals surface area contributed by atoms with Crippen molar-refractivity contribution in [3.63, 3.8) is 0 Å². The Hall–Kier alpha value is -2.87. The van der Waals surface area contributed by atoms with Gasteiger partial charge in [0.05, 0.1) is 22.8 Å². The summed E-state index contributed by atoms with van der Waals surface area (Å²) in [6.45, 7) is 1.61. The van der Waals surface area contributed by atoms with E-state index in [1.165, 1.54) is 11.3 Å². The molecule has 0 aliphatic heterocycles. The van der Waals surface area contributed by atoms with E-state index in [9.17, 15) is 4.79 Å². The topological polar surface area (TPSA) is 73.3 Å². The van der Waals surface area contributed by atoms with Crippen LogP contribution in [0.1, 0.15) is 5.69 Å². The van der Waals surface area contributed by atoms with Crippen LogP contribution in [0.3, 0.4) is 0 Å². The van der Waals surface area contributed by atoms with Gasteiger partial charge in [-0.3, -0.25) is 10.1 Å². The van der Waals surface area contributed by atoms with Crippen molar-refractivity contribution < 1.29 is 14.3 Å². The van der Waals surface area contributed by atoms with E-state index >= 15 is 0 Å². The summed E-state index contributed by atoms with van der Waals surface area (Å²) >= 11 is 13.9. The Morgan fingerprint density at radius 1 is 1.10 bits per heavy atom. The Kier molecular flexibility index (Phi) is 6.27. The highest BCUT2D eigenvalue weighted by molar-refractivity contribution is 7.14.